The minimum absolute atomic E-state index is 0.0495. The quantitative estimate of drug-likeness (QED) is 0.574. The molecule has 1 aromatic heterocycles. The van der Waals surface area contributed by atoms with Crippen LogP contribution in [0.2, 0.25) is 0 Å². The van der Waals surface area contributed by atoms with Crippen molar-refractivity contribution in [2.45, 2.75) is 0 Å². The van der Waals surface area contributed by atoms with Gasteiger partial charge in [-0.2, -0.15) is 0 Å². The Morgan fingerprint density at radius 1 is 1.55 bits per heavy atom. The largest absolute Gasteiger partial charge is 0.389 e. The molecular formula is C6H6N2O3. The van der Waals surface area contributed by atoms with Crippen molar-refractivity contribution >= 4 is 5.97 Å². The minimum atomic E-state index is -0.767. The second kappa shape index (κ2) is 3.62. The molecule has 0 aliphatic carbocycles. The molecule has 11 heavy (non-hydrogen) atoms. The van der Waals surface area contributed by atoms with Gasteiger partial charge in [-0.15, -0.1) is 0 Å². The number of rotatable bonds is 2. The Labute approximate surface area is 62.7 Å². The zero-order chi connectivity index (χ0) is 8.10. The van der Waals surface area contributed by atoms with Crippen LogP contribution in [-0.4, -0.2) is 27.7 Å². The Morgan fingerprint density at radius 3 is 2.73 bits per heavy atom. The SMILES string of the molecule is O=C(CO)Oc1ncccn1. The van der Waals surface area contributed by atoms with E-state index in [0.29, 0.717) is 0 Å². The molecule has 0 bridgehead atoms. The van der Waals surface area contributed by atoms with Crippen molar-refractivity contribution in [1.82, 2.24) is 9.97 Å². The number of ether oxygens (including phenoxy) is 1. The molecule has 0 aromatic carbocycles. The van der Waals surface area contributed by atoms with Gasteiger partial charge in [0.15, 0.2) is 0 Å². The Kier molecular flexibility index (Phi) is 2.51. The van der Waals surface area contributed by atoms with Gasteiger partial charge in [0.05, 0.1) is 0 Å². The molecule has 1 rings (SSSR count). The highest BCUT2D eigenvalue weighted by molar-refractivity contribution is 5.72. The van der Waals surface area contributed by atoms with Gasteiger partial charge in [0.1, 0.15) is 6.61 Å². The van der Waals surface area contributed by atoms with Crippen LogP contribution in [0, 0.1) is 0 Å². The number of carbonyl (C=O) groups is 1. The molecule has 0 aliphatic rings. The van der Waals surface area contributed by atoms with Crippen molar-refractivity contribution in [3.05, 3.63) is 18.5 Å². The first-order chi connectivity index (χ1) is 5.33. The van der Waals surface area contributed by atoms with Crippen LogP contribution >= 0.6 is 0 Å². The topological polar surface area (TPSA) is 72.3 Å². The lowest BCUT2D eigenvalue weighted by Gasteiger charge is -1.96. The van der Waals surface area contributed by atoms with Crippen molar-refractivity contribution in [3.8, 4) is 6.01 Å². The van der Waals surface area contributed by atoms with Gasteiger partial charge in [0.2, 0.25) is 0 Å². The third-order valence-electron chi connectivity index (χ3n) is 0.876. The standard InChI is InChI=1S/C6H6N2O3/c9-4-5(10)11-6-7-2-1-3-8-6/h1-3,9H,4H2. The van der Waals surface area contributed by atoms with Crippen molar-refractivity contribution < 1.29 is 14.6 Å². The van der Waals surface area contributed by atoms with E-state index in [-0.39, 0.29) is 6.01 Å². The van der Waals surface area contributed by atoms with Crippen LogP contribution < -0.4 is 4.74 Å². The second-order valence-electron chi connectivity index (χ2n) is 1.66. The molecule has 0 saturated carbocycles. The number of hydrogen-bond acceptors (Lipinski definition) is 5. The number of aliphatic hydroxyl groups excluding tert-OH is 1. The first-order valence-electron chi connectivity index (χ1n) is 2.91. The molecule has 58 valence electrons. The molecule has 0 unspecified atom stereocenters. The Bertz CT molecular complexity index is 237. The van der Waals surface area contributed by atoms with Crippen LogP contribution in [0.3, 0.4) is 0 Å². The number of nitrogens with zero attached hydrogens (tertiary/aromatic N) is 2. The van der Waals surface area contributed by atoms with Gasteiger partial charge >= 0.3 is 12.0 Å². The summed E-state index contributed by atoms with van der Waals surface area (Å²) >= 11 is 0. The molecule has 5 nitrogen and oxygen atoms in total. The Balaban J connectivity index is 2.58. The highest BCUT2D eigenvalue weighted by Crippen LogP contribution is 1.96. The van der Waals surface area contributed by atoms with Crippen LogP contribution in [0.25, 0.3) is 0 Å². The summed E-state index contributed by atoms with van der Waals surface area (Å²) in [5.41, 5.74) is 0. The fourth-order valence-corrected chi connectivity index (χ4v) is 0.472. The van der Waals surface area contributed by atoms with Gasteiger partial charge in [-0.05, 0) is 6.07 Å². The van der Waals surface area contributed by atoms with Crippen molar-refractivity contribution in [2.24, 2.45) is 0 Å². The molecule has 0 fully saturated rings. The summed E-state index contributed by atoms with van der Waals surface area (Å²) in [7, 11) is 0. The summed E-state index contributed by atoms with van der Waals surface area (Å²) in [6.07, 6.45) is 2.87. The molecule has 0 saturated heterocycles. The fraction of sp³-hybridized carbons (Fsp3) is 0.167. The third-order valence-corrected chi connectivity index (χ3v) is 0.876. The molecule has 1 aromatic rings. The smallest absolute Gasteiger partial charge is 0.339 e. The average molecular weight is 154 g/mol. The minimum Gasteiger partial charge on any atom is -0.389 e. The van der Waals surface area contributed by atoms with Crippen LogP contribution in [0.15, 0.2) is 18.5 Å². The molecule has 0 spiro atoms. The zero-order valence-corrected chi connectivity index (χ0v) is 5.60. The monoisotopic (exact) mass is 154 g/mol. The summed E-state index contributed by atoms with van der Waals surface area (Å²) in [4.78, 5) is 17.6. The van der Waals surface area contributed by atoms with E-state index >= 15 is 0 Å². The van der Waals surface area contributed by atoms with Gasteiger partial charge < -0.3 is 9.84 Å². The molecule has 5 heteroatoms. The summed E-state index contributed by atoms with van der Waals surface area (Å²) in [6, 6.07) is 1.54. The maximum Gasteiger partial charge on any atom is 0.339 e. The maximum absolute atomic E-state index is 10.4. The van der Waals surface area contributed by atoms with Gasteiger partial charge in [-0.1, -0.05) is 0 Å². The second-order valence-corrected chi connectivity index (χ2v) is 1.66. The zero-order valence-electron chi connectivity index (χ0n) is 5.60. The number of esters is 1. The van der Waals surface area contributed by atoms with Crippen molar-refractivity contribution in [1.29, 1.82) is 0 Å². The Morgan fingerprint density at radius 2 is 2.18 bits per heavy atom. The highest BCUT2D eigenvalue weighted by Gasteiger charge is 2.02. The van der Waals surface area contributed by atoms with Gasteiger partial charge in [0.25, 0.3) is 0 Å². The third kappa shape index (κ3) is 2.30. The lowest BCUT2D eigenvalue weighted by atomic mass is 10.7. The van der Waals surface area contributed by atoms with Crippen molar-refractivity contribution in [2.75, 3.05) is 6.61 Å². The molecule has 1 N–H and O–H groups in total. The molecule has 1 heterocycles. The molecule has 0 atom stereocenters. The number of aliphatic hydroxyl groups is 1. The lowest BCUT2D eigenvalue weighted by molar-refractivity contribution is -0.138. The highest BCUT2D eigenvalue weighted by atomic mass is 16.6. The van der Waals surface area contributed by atoms with Crippen LogP contribution in [0.1, 0.15) is 0 Å². The van der Waals surface area contributed by atoms with Crippen LogP contribution in [-0.2, 0) is 4.79 Å². The number of aromatic nitrogens is 2. The van der Waals surface area contributed by atoms with Gasteiger partial charge in [0, 0.05) is 12.4 Å². The van der Waals surface area contributed by atoms with E-state index in [1.54, 1.807) is 6.07 Å². The summed E-state index contributed by atoms with van der Waals surface area (Å²) in [6.45, 7) is -0.668. The van der Waals surface area contributed by atoms with E-state index in [0.717, 1.165) is 0 Å². The first kappa shape index (κ1) is 7.62. The van der Waals surface area contributed by atoms with Gasteiger partial charge in [-0.3, -0.25) is 0 Å². The number of hydrogen-bond donors (Lipinski definition) is 1. The van der Waals surface area contributed by atoms with E-state index in [4.69, 9.17) is 5.11 Å². The molecule has 0 aliphatic heterocycles. The van der Waals surface area contributed by atoms with Crippen LogP contribution in [0.5, 0.6) is 6.01 Å². The van der Waals surface area contributed by atoms with Crippen molar-refractivity contribution in [3.63, 3.8) is 0 Å². The summed E-state index contributed by atoms with van der Waals surface area (Å²) in [5, 5.41) is 8.27. The molecule has 0 amide bonds. The summed E-state index contributed by atoms with van der Waals surface area (Å²) in [5.74, 6) is -0.767. The number of carbonyl (C=O) groups excluding carboxylic acids is 1. The lowest BCUT2D eigenvalue weighted by Crippen LogP contribution is -2.13. The van der Waals surface area contributed by atoms with E-state index in [9.17, 15) is 4.79 Å². The molecule has 0 radical (unpaired) electrons. The molecular weight excluding hydrogens is 148 g/mol. The van der Waals surface area contributed by atoms with E-state index in [1.807, 2.05) is 0 Å². The van der Waals surface area contributed by atoms with Crippen LogP contribution in [0.4, 0.5) is 0 Å². The van der Waals surface area contributed by atoms with E-state index in [1.165, 1.54) is 12.4 Å². The normalized spacial score (nSPS) is 9.18. The summed E-state index contributed by atoms with van der Waals surface area (Å²) < 4.78 is 4.45. The predicted molar refractivity (Wildman–Crippen MR) is 34.8 cm³/mol. The predicted octanol–water partition coefficient (Wildman–Crippen LogP) is -0.626. The average Bonchev–Trinajstić information content (AvgIpc) is 2.06. The van der Waals surface area contributed by atoms with E-state index in [2.05, 4.69) is 14.7 Å². The van der Waals surface area contributed by atoms with Gasteiger partial charge in [-0.25, -0.2) is 14.8 Å². The first-order valence-corrected chi connectivity index (χ1v) is 2.91. The van der Waals surface area contributed by atoms with E-state index < -0.39 is 12.6 Å². The fourth-order valence-electron chi connectivity index (χ4n) is 0.472. The maximum atomic E-state index is 10.4. The Hall–Kier alpha value is -1.49.